The fraction of sp³-hybridized carbons (Fsp3) is 0.158. The summed E-state index contributed by atoms with van der Waals surface area (Å²) >= 11 is 12.4. The van der Waals surface area contributed by atoms with E-state index in [2.05, 4.69) is 5.32 Å². The van der Waals surface area contributed by atoms with Crippen molar-refractivity contribution in [2.24, 2.45) is 4.99 Å². The molecule has 2 aromatic rings. The third-order valence-corrected chi connectivity index (χ3v) is 4.52. The van der Waals surface area contributed by atoms with Crippen LogP contribution >= 0.6 is 23.2 Å². The zero-order chi connectivity index (χ0) is 18.0. The number of methoxy groups -OCH3 is 1. The van der Waals surface area contributed by atoms with Gasteiger partial charge in [0, 0.05) is 26.9 Å². The first-order valence-corrected chi connectivity index (χ1v) is 8.41. The third kappa shape index (κ3) is 3.55. The van der Waals surface area contributed by atoms with E-state index in [1.54, 1.807) is 12.1 Å². The van der Waals surface area contributed by atoms with Crippen molar-refractivity contribution in [3.8, 4) is 0 Å². The van der Waals surface area contributed by atoms with Gasteiger partial charge in [0.05, 0.1) is 12.7 Å². The maximum absolute atomic E-state index is 12.3. The summed E-state index contributed by atoms with van der Waals surface area (Å²) < 4.78 is 4.94. The van der Waals surface area contributed by atoms with E-state index < -0.39 is 12.0 Å². The molecule has 1 aliphatic rings. The lowest BCUT2D eigenvalue weighted by Gasteiger charge is -2.26. The number of rotatable bonds is 3. The Balaban J connectivity index is 2.14. The van der Waals surface area contributed by atoms with Crippen LogP contribution < -0.4 is 5.32 Å². The summed E-state index contributed by atoms with van der Waals surface area (Å²) in [6.07, 6.45) is 0. The first kappa shape index (κ1) is 17.5. The molecule has 0 fully saturated rings. The molecule has 0 radical (unpaired) electrons. The zero-order valence-electron chi connectivity index (χ0n) is 13.7. The minimum Gasteiger partial charge on any atom is -0.466 e. The molecule has 1 aliphatic heterocycles. The minimum absolute atomic E-state index is 0.432. The van der Waals surface area contributed by atoms with Gasteiger partial charge in [-0.05, 0) is 25.1 Å². The van der Waals surface area contributed by atoms with E-state index in [1.165, 1.54) is 7.11 Å². The fourth-order valence-electron chi connectivity index (χ4n) is 2.75. The lowest BCUT2D eigenvalue weighted by molar-refractivity contribution is -0.136. The smallest absolute Gasteiger partial charge is 0.338 e. The largest absolute Gasteiger partial charge is 0.466 e. The molecule has 0 spiro atoms. The van der Waals surface area contributed by atoms with Gasteiger partial charge in [0.25, 0.3) is 0 Å². The normalized spacial score (nSPS) is 17.0. The van der Waals surface area contributed by atoms with E-state index in [0.29, 0.717) is 27.2 Å². The first-order valence-electron chi connectivity index (χ1n) is 7.65. The Hall–Kier alpha value is -2.30. The van der Waals surface area contributed by atoms with Gasteiger partial charge in [0.1, 0.15) is 11.9 Å². The molecule has 0 bridgehead atoms. The van der Waals surface area contributed by atoms with Gasteiger partial charge in [-0.15, -0.1) is 0 Å². The van der Waals surface area contributed by atoms with E-state index >= 15 is 0 Å². The number of ether oxygens (including phenoxy) is 1. The standard InChI is InChI=1S/C19H16Cl2N2O2/c1-11-16(19(24)25-2)17(14-8-3-4-9-15(14)21)23-18(22-11)12-6-5-7-13(20)10-12/h3-10,17H,1-2H3,(H,22,23). The van der Waals surface area contributed by atoms with Crippen LogP contribution in [0.15, 0.2) is 64.8 Å². The monoisotopic (exact) mass is 374 g/mol. The SMILES string of the molecule is COC(=O)C1=C(C)NC(c2cccc(Cl)c2)=NC1c1ccccc1Cl. The summed E-state index contributed by atoms with van der Waals surface area (Å²) in [5.74, 6) is 0.182. The molecule has 1 unspecified atom stereocenters. The van der Waals surface area contributed by atoms with Gasteiger partial charge in [-0.3, -0.25) is 4.99 Å². The molecule has 2 aromatic carbocycles. The maximum Gasteiger partial charge on any atom is 0.338 e. The van der Waals surface area contributed by atoms with E-state index in [1.807, 2.05) is 43.3 Å². The third-order valence-electron chi connectivity index (χ3n) is 3.94. The van der Waals surface area contributed by atoms with Gasteiger partial charge in [0.15, 0.2) is 0 Å². The van der Waals surface area contributed by atoms with E-state index in [0.717, 1.165) is 11.1 Å². The molecule has 0 aliphatic carbocycles. The Kier molecular flexibility index (Phi) is 5.11. The van der Waals surface area contributed by atoms with E-state index in [9.17, 15) is 4.79 Å². The van der Waals surface area contributed by atoms with E-state index in [-0.39, 0.29) is 0 Å². The molecule has 1 heterocycles. The second-order valence-electron chi connectivity index (χ2n) is 5.57. The number of hydrogen-bond acceptors (Lipinski definition) is 4. The molecule has 0 aromatic heterocycles. The van der Waals surface area contributed by atoms with Crippen LogP contribution in [-0.4, -0.2) is 18.9 Å². The summed E-state index contributed by atoms with van der Waals surface area (Å²) in [5.41, 5.74) is 2.67. The lowest BCUT2D eigenvalue weighted by Crippen LogP contribution is -2.32. The highest BCUT2D eigenvalue weighted by molar-refractivity contribution is 6.31. The topological polar surface area (TPSA) is 50.7 Å². The minimum atomic E-state index is -0.559. The number of nitrogens with zero attached hydrogens (tertiary/aromatic N) is 1. The molecular formula is C19H16Cl2N2O2. The molecule has 4 nitrogen and oxygen atoms in total. The van der Waals surface area contributed by atoms with Crippen LogP contribution in [0.4, 0.5) is 0 Å². The molecule has 6 heteroatoms. The number of carbonyl (C=O) groups is 1. The van der Waals surface area contributed by atoms with Crippen LogP contribution in [0.3, 0.4) is 0 Å². The van der Waals surface area contributed by atoms with Gasteiger partial charge in [-0.2, -0.15) is 0 Å². The Bertz CT molecular complexity index is 890. The first-order chi connectivity index (χ1) is 12.0. The van der Waals surface area contributed by atoms with Crippen molar-refractivity contribution in [3.05, 3.63) is 81.0 Å². The molecule has 128 valence electrons. The molecule has 0 amide bonds. The quantitative estimate of drug-likeness (QED) is 0.802. The number of benzene rings is 2. The predicted octanol–water partition coefficient (Wildman–Crippen LogP) is 4.53. The lowest BCUT2D eigenvalue weighted by atomic mass is 9.95. The Morgan fingerprint density at radius 1 is 1.16 bits per heavy atom. The van der Waals surface area contributed by atoms with Crippen molar-refractivity contribution in [1.29, 1.82) is 0 Å². The van der Waals surface area contributed by atoms with Crippen molar-refractivity contribution in [3.63, 3.8) is 0 Å². The van der Waals surface area contributed by atoms with E-state index in [4.69, 9.17) is 32.9 Å². The number of halogens is 2. The van der Waals surface area contributed by atoms with Gasteiger partial charge in [-0.25, -0.2) is 4.79 Å². The average molecular weight is 375 g/mol. The Morgan fingerprint density at radius 3 is 2.60 bits per heavy atom. The average Bonchev–Trinajstić information content (AvgIpc) is 2.61. The van der Waals surface area contributed by atoms with Gasteiger partial charge in [0.2, 0.25) is 0 Å². The van der Waals surface area contributed by atoms with Crippen LogP contribution in [0, 0.1) is 0 Å². The van der Waals surface area contributed by atoms with Crippen LogP contribution in [0.25, 0.3) is 0 Å². The maximum atomic E-state index is 12.3. The summed E-state index contributed by atoms with van der Waals surface area (Å²) in [5, 5.41) is 4.32. The van der Waals surface area contributed by atoms with Crippen LogP contribution in [0.1, 0.15) is 24.1 Å². The zero-order valence-corrected chi connectivity index (χ0v) is 15.2. The number of esters is 1. The summed E-state index contributed by atoms with van der Waals surface area (Å²) in [6.45, 7) is 1.81. The van der Waals surface area contributed by atoms with Crippen LogP contribution in [0.2, 0.25) is 10.0 Å². The number of allylic oxidation sites excluding steroid dienone is 1. The molecular weight excluding hydrogens is 359 g/mol. The summed E-state index contributed by atoms with van der Waals surface area (Å²) in [7, 11) is 1.35. The van der Waals surface area contributed by atoms with Gasteiger partial charge < -0.3 is 10.1 Å². The van der Waals surface area contributed by atoms with Crippen molar-refractivity contribution in [2.45, 2.75) is 13.0 Å². The molecule has 1 atom stereocenters. The summed E-state index contributed by atoms with van der Waals surface area (Å²) in [4.78, 5) is 17.0. The van der Waals surface area contributed by atoms with Crippen LogP contribution in [-0.2, 0) is 9.53 Å². The van der Waals surface area contributed by atoms with Crippen molar-refractivity contribution < 1.29 is 9.53 Å². The van der Waals surface area contributed by atoms with Gasteiger partial charge >= 0.3 is 5.97 Å². The Labute approximate surface area is 156 Å². The highest BCUT2D eigenvalue weighted by atomic mass is 35.5. The molecule has 0 saturated carbocycles. The van der Waals surface area contributed by atoms with Crippen LogP contribution in [0.5, 0.6) is 0 Å². The molecule has 25 heavy (non-hydrogen) atoms. The van der Waals surface area contributed by atoms with Crippen molar-refractivity contribution >= 4 is 35.0 Å². The molecule has 0 saturated heterocycles. The number of nitrogens with one attached hydrogen (secondary N) is 1. The highest BCUT2D eigenvalue weighted by Crippen LogP contribution is 2.35. The van der Waals surface area contributed by atoms with Crippen molar-refractivity contribution in [1.82, 2.24) is 5.32 Å². The molecule has 1 N–H and O–H groups in total. The molecule has 3 rings (SSSR count). The predicted molar refractivity (Wildman–Crippen MR) is 100 cm³/mol. The summed E-state index contributed by atoms with van der Waals surface area (Å²) in [6, 6.07) is 14.1. The number of hydrogen-bond donors (Lipinski definition) is 1. The number of carbonyl (C=O) groups excluding carboxylic acids is 1. The van der Waals surface area contributed by atoms with Gasteiger partial charge in [-0.1, -0.05) is 53.5 Å². The number of amidine groups is 1. The number of aliphatic imine (C=N–C) groups is 1. The highest BCUT2D eigenvalue weighted by Gasteiger charge is 2.31. The second kappa shape index (κ2) is 7.30. The Morgan fingerprint density at radius 2 is 1.92 bits per heavy atom. The van der Waals surface area contributed by atoms with Crippen molar-refractivity contribution in [2.75, 3.05) is 7.11 Å². The second-order valence-corrected chi connectivity index (χ2v) is 6.41. The fourth-order valence-corrected chi connectivity index (χ4v) is 3.18.